The molecule has 0 spiro atoms. The number of nitrogens with one attached hydrogen (secondary N) is 1. The van der Waals surface area contributed by atoms with Gasteiger partial charge in [-0.2, -0.15) is 9.11 Å². The molecule has 0 saturated carbocycles. The summed E-state index contributed by atoms with van der Waals surface area (Å²) in [5.74, 6) is -2.69. The number of nitro benzene ring substituents is 1. The first-order valence-corrected chi connectivity index (χ1v) is 6.86. The molecule has 1 aromatic carbocycles. The van der Waals surface area contributed by atoms with Crippen LogP contribution in [-0.2, 0) is 14.8 Å². The van der Waals surface area contributed by atoms with Gasteiger partial charge in [-0.1, -0.05) is 6.92 Å². The Kier molecular flexibility index (Phi) is 4.73. The van der Waals surface area contributed by atoms with Crippen molar-refractivity contribution in [3.05, 3.63) is 34.1 Å². The van der Waals surface area contributed by atoms with Crippen molar-refractivity contribution < 1.29 is 27.6 Å². The van der Waals surface area contributed by atoms with Gasteiger partial charge in [-0.25, -0.2) is 8.42 Å². The summed E-state index contributed by atoms with van der Waals surface area (Å²) in [4.78, 5) is 19.6. The average Bonchev–Trinajstić information content (AvgIpc) is 2.35. The first kappa shape index (κ1) is 16.0. The highest BCUT2D eigenvalue weighted by atomic mass is 32.2. The van der Waals surface area contributed by atoms with E-state index in [4.69, 9.17) is 5.11 Å². The van der Waals surface area contributed by atoms with Crippen LogP contribution in [0.3, 0.4) is 0 Å². The SMILES string of the molecule is CCC(NS(=O)(=O)c1ccc([N+](=O)[O-])c(F)c1)C(=O)O. The van der Waals surface area contributed by atoms with Gasteiger partial charge in [0.1, 0.15) is 6.04 Å². The van der Waals surface area contributed by atoms with Crippen LogP contribution in [0, 0.1) is 15.9 Å². The molecule has 2 N–H and O–H groups in total. The van der Waals surface area contributed by atoms with Gasteiger partial charge in [0.05, 0.1) is 9.82 Å². The number of rotatable bonds is 6. The molecule has 0 bridgehead atoms. The Morgan fingerprint density at radius 2 is 2.15 bits per heavy atom. The Morgan fingerprint density at radius 1 is 1.55 bits per heavy atom. The zero-order valence-corrected chi connectivity index (χ0v) is 11.1. The Bertz CT molecular complexity index is 645. The molecule has 0 aromatic heterocycles. The van der Waals surface area contributed by atoms with Gasteiger partial charge in [0.15, 0.2) is 0 Å². The van der Waals surface area contributed by atoms with E-state index in [1.54, 1.807) is 0 Å². The highest BCUT2D eigenvalue weighted by Gasteiger charge is 2.26. The van der Waals surface area contributed by atoms with E-state index in [1.807, 2.05) is 4.72 Å². The number of carboxylic acid groups (broad SMARTS) is 1. The number of carboxylic acids is 1. The molecule has 110 valence electrons. The van der Waals surface area contributed by atoms with Crippen LogP contribution in [0.4, 0.5) is 10.1 Å². The summed E-state index contributed by atoms with van der Waals surface area (Å²) in [5.41, 5.74) is -0.866. The topological polar surface area (TPSA) is 127 Å². The van der Waals surface area contributed by atoms with Gasteiger partial charge < -0.3 is 5.11 Å². The number of nitro groups is 1. The molecule has 1 atom stereocenters. The van der Waals surface area contributed by atoms with E-state index in [9.17, 15) is 27.7 Å². The van der Waals surface area contributed by atoms with Crippen molar-refractivity contribution >= 4 is 21.7 Å². The van der Waals surface area contributed by atoms with Crippen LogP contribution < -0.4 is 4.72 Å². The Labute approximate surface area is 113 Å². The lowest BCUT2D eigenvalue weighted by Gasteiger charge is -2.12. The van der Waals surface area contributed by atoms with Gasteiger partial charge in [0.25, 0.3) is 0 Å². The number of hydrogen-bond acceptors (Lipinski definition) is 5. The summed E-state index contributed by atoms with van der Waals surface area (Å²) < 4.78 is 38.9. The van der Waals surface area contributed by atoms with E-state index in [2.05, 4.69) is 0 Å². The Morgan fingerprint density at radius 3 is 2.55 bits per heavy atom. The van der Waals surface area contributed by atoms with E-state index in [-0.39, 0.29) is 6.42 Å². The van der Waals surface area contributed by atoms with E-state index in [0.29, 0.717) is 12.1 Å². The van der Waals surface area contributed by atoms with Gasteiger partial charge in [-0.3, -0.25) is 14.9 Å². The third-order valence-electron chi connectivity index (χ3n) is 2.43. The number of hydrogen-bond donors (Lipinski definition) is 2. The van der Waals surface area contributed by atoms with Crippen LogP contribution in [0.5, 0.6) is 0 Å². The molecule has 0 amide bonds. The Hall–Kier alpha value is -2.07. The predicted octanol–water partition coefficient (Wildman–Crippen LogP) is 0.875. The summed E-state index contributed by atoms with van der Waals surface area (Å²) in [6.45, 7) is 1.46. The molecule has 0 saturated heterocycles. The fourth-order valence-electron chi connectivity index (χ4n) is 1.37. The van der Waals surface area contributed by atoms with E-state index in [0.717, 1.165) is 6.07 Å². The van der Waals surface area contributed by atoms with Crippen molar-refractivity contribution in [2.75, 3.05) is 0 Å². The van der Waals surface area contributed by atoms with Crippen molar-refractivity contribution in [1.82, 2.24) is 4.72 Å². The Balaban J connectivity index is 3.13. The first-order chi connectivity index (χ1) is 9.19. The molecule has 0 aliphatic heterocycles. The molecule has 1 aromatic rings. The van der Waals surface area contributed by atoms with Gasteiger partial charge in [0.2, 0.25) is 15.8 Å². The summed E-state index contributed by atoms with van der Waals surface area (Å²) in [6.07, 6.45) is -0.00989. The lowest BCUT2D eigenvalue weighted by atomic mass is 10.2. The summed E-state index contributed by atoms with van der Waals surface area (Å²) in [6, 6.07) is 0.636. The lowest BCUT2D eigenvalue weighted by Crippen LogP contribution is -2.40. The van der Waals surface area contributed by atoms with Crippen LogP contribution in [0.1, 0.15) is 13.3 Å². The minimum absolute atomic E-state index is 0.00989. The third kappa shape index (κ3) is 3.48. The van der Waals surface area contributed by atoms with Crippen molar-refractivity contribution in [1.29, 1.82) is 0 Å². The smallest absolute Gasteiger partial charge is 0.321 e. The molecule has 1 unspecified atom stereocenters. The molecule has 20 heavy (non-hydrogen) atoms. The molecule has 8 nitrogen and oxygen atoms in total. The van der Waals surface area contributed by atoms with Gasteiger partial charge >= 0.3 is 11.7 Å². The summed E-state index contributed by atoms with van der Waals surface area (Å²) in [5, 5.41) is 19.2. The first-order valence-electron chi connectivity index (χ1n) is 5.38. The van der Waals surface area contributed by atoms with Crippen molar-refractivity contribution in [2.24, 2.45) is 0 Å². The maximum absolute atomic E-state index is 13.4. The summed E-state index contributed by atoms with van der Waals surface area (Å²) >= 11 is 0. The minimum atomic E-state index is -4.28. The predicted molar refractivity (Wildman–Crippen MR) is 65.1 cm³/mol. The van der Waals surface area contributed by atoms with Crippen LogP contribution in [0.25, 0.3) is 0 Å². The lowest BCUT2D eigenvalue weighted by molar-refractivity contribution is -0.387. The monoisotopic (exact) mass is 306 g/mol. The van der Waals surface area contributed by atoms with Crippen LogP contribution in [0.2, 0.25) is 0 Å². The fourth-order valence-corrected chi connectivity index (χ4v) is 2.65. The number of carbonyl (C=O) groups is 1. The highest BCUT2D eigenvalue weighted by molar-refractivity contribution is 7.89. The molecular formula is C10H11FN2O6S. The quantitative estimate of drug-likeness (QED) is 0.593. The second-order valence-corrected chi connectivity index (χ2v) is 5.50. The van der Waals surface area contributed by atoms with Crippen LogP contribution in [-0.4, -0.2) is 30.5 Å². The van der Waals surface area contributed by atoms with Crippen molar-refractivity contribution in [3.8, 4) is 0 Å². The van der Waals surface area contributed by atoms with Crippen LogP contribution >= 0.6 is 0 Å². The molecule has 0 aliphatic rings. The van der Waals surface area contributed by atoms with E-state index in [1.165, 1.54) is 6.92 Å². The zero-order chi connectivity index (χ0) is 15.5. The maximum Gasteiger partial charge on any atom is 0.321 e. The van der Waals surface area contributed by atoms with Gasteiger partial charge in [-0.15, -0.1) is 0 Å². The van der Waals surface area contributed by atoms with Gasteiger partial charge in [-0.05, 0) is 12.5 Å². The standard InChI is InChI=1S/C10H11FN2O6S/c1-2-8(10(14)15)12-20(18,19)6-3-4-9(13(16)17)7(11)5-6/h3-5,8,12H,2H2,1H3,(H,14,15). The van der Waals surface area contributed by atoms with E-state index >= 15 is 0 Å². The largest absolute Gasteiger partial charge is 0.480 e. The molecule has 0 aliphatic carbocycles. The average molecular weight is 306 g/mol. The zero-order valence-electron chi connectivity index (χ0n) is 10.2. The molecule has 0 radical (unpaired) electrons. The molecule has 10 heteroatoms. The number of benzene rings is 1. The highest BCUT2D eigenvalue weighted by Crippen LogP contribution is 2.21. The van der Waals surface area contributed by atoms with Crippen LogP contribution in [0.15, 0.2) is 23.1 Å². The number of aliphatic carboxylic acids is 1. The number of halogens is 1. The molecule has 0 heterocycles. The molecular weight excluding hydrogens is 295 g/mol. The number of nitrogens with zero attached hydrogens (tertiary/aromatic N) is 1. The molecule has 0 fully saturated rings. The number of sulfonamides is 1. The third-order valence-corrected chi connectivity index (χ3v) is 3.90. The van der Waals surface area contributed by atoms with Crippen molar-refractivity contribution in [2.45, 2.75) is 24.3 Å². The fraction of sp³-hybridized carbons (Fsp3) is 0.300. The second kappa shape index (κ2) is 5.92. The van der Waals surface area contributed by atoms with Gasteiger partial charge in [0, 0.05) is 12.1 Å². The molecule has 1 rings (SSSR count). The minimum Gasteiger partial charge on any atom is -0.480 e. The van der Waals surface area contributed by atoms with Crippen molar-refractivity contribution in [3.63, 3.8) is 0 Å². The maximum atomic E-state index is 13.4. The van der Waals surface area contributed by atoms with E-state index < -0.39 is 43.4 Å². The normalized spacial score (nSPS) is 12.9. The summed E-state index contributed by atoms with van der Waals surface area (Å²) in [7, 11) is -4.28. The second-order valence-electron chi connectivity index (χ2n) is 3.79.